The van der Waals surface area contributed by atoms with Crippen LogP contribution in [0.3, 0.4) is 0 Å². The lowest BCUT2D eigenvalue weighted by Crippen LogP contribution is -2.68. The number of carbonyl (C=O) groups is 1. The van der Waals surface area contributed by atoms with Gasteiger partial charge in [-0.1, -0.05) is 182 Å². The maximum atomic E-state index is 13.0. The van der Waals surface area contributed by atoms with Crippen LogP contribution in [0.4, 0.5) is 0 Å². The Bertz CT molecular complexity index is 2330. The summed E-state index contributed by atoms with van der Waals surface area (Å²) < 4.78 is 60.9. The van der Waals surface area contributed by atoms with Crippen molar-refractivity contribution in [3.63, 3.8) is 0 Å². The van der Waals surface area contributed by atoms with Gasteiger partial charge in [-0.2, -0.15) is 0 Å². The summed E-state index contributed by atoms with van der Waals surface area (Å²) in [5, 5.41) is 14.7. The molecule has 2 aliphatic rings. The van der Waals surface area contributed by atoms with Crippen molar-refractivity contribution in [2.24, 2.45) is 0 Å². The lowest BCUT2D eigenvalue weighted by Gasteiger charge is -2.50. The van der Waals surface area contributed by atoms with Crippen LogP contribution in [0.1, 0.15) is 40.3 Å². The summed E-state index contributed by atoms with van der Waals surface area (Å²) in [7, 11) is 0. The van der Waals surface area contributed by atoms with Gasteiger partial charge in [-0.3, -0.25) is 4.79 Å². The standard InChI is InChI=1S/C56H61NO11/c1-40(58)57-49-52(50(62-34-43-24-12-4-13-25-43)47(66-55(49)59)38-60-32-41-20-8-2-9-21-41)68-56-54(65-37-46-30-18-7-19-31-46)53(64-36-45-28-16-6-17-29-45)51(63-35-44-26-14-5-15-27-44)48(67-56)39-61-33-42-22-10-3-11-23-42/h2-31,47-56,59H,32-39H2,1H3,(H,57,58)/t47-,48-,49-,50-,51+,52-,53+,54-,55+,56-/m1/s1. The minimum Gasteiger partial charge on any atom is -0.374 e. The Morgan fingerprint density at radius 1 is 0.441 bits per heavy atom. The molecule has 6 aromatic rings. The second-order valence-electron chi connectivity index (χ2n) is 17.0. The van der Waals surface area contributed by atoms with Gasteiger partial charge >= 0.3 is 0 Å². The smallest absolute Gasteiger partial charge is 0.217 e. The average molecular weight is 924 g/mol. The summed E-state index contributed by atoms with van der Waals surface area (Å²) in [4.78, 5) is 13.0. The van der Waals surface area contributed by atoms with E-state index in [4.69, 9.17) is 42.6 Å². The van der Waals surface area contributed by atoms with Gasteiger partial charge in [-0.25, -0.2) is 0 Å². The Morgan fingerprint density at radius 3 is 1.15 bits per heavy atom. The molecule has 1 amide bonds. The van der Waals surface area contributed by atoms with Crippen LogP contribution >= 0.6 is 0 Å². The molecule has 0 bridgehead atoms. The first-order valence-electron chi connectivity index (χ1n) is 23.2. The van der Waals surface area contributed by atoms with Gasteiger partial charge in [0.05, 0.1) is 52.9 Å². The molecule has 10 atom stereocenters. The van der Waals surface area contributed by atoms with E-state index in [1.54, 1.807) is 0 Å². The van der Waals surface area contributed by atoms with Crippen LogP contribution in [0.15, 0.2) is 182 Å². The minimum absolute atomic E-state index is 0.0334. The van der Waals surface area contributed by atoms with Crippen LogP contribution in [0.5, 0.6) is 0 Å². The summed E-state index contributed by atoms with van der Waals surface area (Å²) >= 11 is 0. The molecule has 356 valence electrons. The van der Waals surface area contributed by atoms with Crippen LogP contribution in [0, 0.1) is 0 Å². The fraction of sp³-hybridized carbons (Fsp3) is 0.339. The molecular formula is C56H61NO11. The van der Waals surface area contributed by atoms with E-state index >= 15 is 0 Å². The third-order valence-corrected chi connectivity index (χ3v) is 11.8. The van der Waals surface area contributed by atoms with Gasteiger partial charge in [-0.15, -0.1) is 0 Å². The molecule has 12 heteroatoms. The number of rotatable bonds is 23. The molecule has 0 unspecified atom stereocenters. The first-order valence-corrected chi connectivity index (χ1v) is 23.2. The van der Waals surface area contributed by atoms with Gasteiger partial charge in [0.25, 0.3) is 0 Å². The highest BCUT2D eigenvalue weighted by atomic mass is 16.7. The van der Waals surface area contributed by atoms with Crippen LogP contribution in [-0.2, 0) is 87.1 Å². The van der Waals surface area contributed by atoms with Crippen molar-refractivity contribution in [2.75, 3.05) is 13.2 Å². The highest BCUT2D eigenvalue weighted by molar-refractivity contribution is 5.73. The highest BCUT2D eigenvalue weighted by Crippen LogP contribution is 2.35. The lowest BCUT2D eigenvalue weighted by atomic mass is 9.94. The molecule has 0 spiro atoms. The maximum Gasteiger partial charge on any atom is 0.217 e. The Hall–Kier alpha value is -5.61. The van der Waals surface area contributed by atoms with Crippen molar-refractivity contribution >= 4 is 5.91 Å². The first-order chi connectivity index (χ1) is 33.5. The number of carbonyl (C=O) groups excluding carboxylic acids is 1. The Labute approximate surface area is 399 Å². The van der Waals surface area contributed by atoms with E-state index in [1.807, 2.05) is 182 Å². The maximum absolute atomic E-state index is 13.0. The van der Waals surface area contributed by atoms with Gasteiger partial charge in [0.2, 0.25) is 5.91 Å². The lowest BCUT2D eigenvalue weighted by molar-refractivity contribution is -0.360. The fourth-order valence-corrected chi connectivity index (χ4v) is 8.45. The number of aliphatic hydroxyl groups excluding tert-OH is 1. The molecule has 8 rings (SSSR count). The van der Waals surface area contributed by atoms with Gasteiger partial charge in [0.15, 0.2) is 12.6 Å². The molecule has 0 aliphatic carbocycles. The number of benzene rings is 6. The van der Waals surface area contributed by atoms with Crippen LogP contribution in [0.25, 0.3) is 0 Å². The Balaban J connectivity index is 1.17. The monoisotopic (exact) mass is 923 g/mol. The van der Waals surface area contributed by atoms with E-state index in [-0.39, 0.29) is 39.6 Å². The fourth-order valence-electron chi connectivity index (χ4n) is 8.45. The Morgan fingerprint density at radius 2 is 0.765 bits per heavy atom. The highest BCUT2D eigenvalue weighted by Gasteiger charge is 2.54. The van der Waals surface area contributed by atoms with Crippen LogP contribution < -0.4 is 5.32 Å². The van der Waals surface area contributed by atoms with E-state index in [1.165, 1.54) is 6.92 Å². The van der Waals surface area contributed by atoms with Gasteiger partial charge < -0.3 is 53.1 Å². The number of hydrogen-bond donors (Lipinski definition) is 2. The van der Waals surface area contributed by atoms with E-state index in [9.17, 15) is 9.90 Å². The van der Waals surface area contributed by atoms with E-state index in [0.29, 0.717) is 13.2 Å². The third kappa shape index (κ3) is 14.2. The quantitative estimate of drug-likeness (QED) is 0.0647. The minimum atomic E-state index is -1.52. The third-order valence-electron chi connectivity index (χ3n) is 11.8. The molecule has 6 aromatic carbocycles. The molecular weight excluding hydrogens is 863 g/mol. The summed E-state index contributed by atoms with van der Waals surface area (Å²) in [6.07, 6.45) is -8.78. The van der Waals surface area contributed by atoms with E-state index in [2.05, 4.69) is 5.32 Å². The molecule has 2 fully saturated rings. The molecule has 2 N–H and O–H groups in total. The van der Waals surface area contributed by atoms with E-state index in [0.717, 1.165) is 33.4 Å². The molecule has 68 heavy (non-hydrogen) atoms. The zero-order valence-corrected chi connectivity index (χ0v) is 38.3. The number of hydrogen-bond acceptors (Lipinski definition) is 11. The predicted molar refractivity (Wildman–Crippen MR) is 254 cm³/mol. The van der Waals surface area contributed by atoms with Crippen LogP contribution in [0.2, 0.25) is 0 Å². The molecule has 12 nitrogen and oxygen atoms in total. The summed E-state index contributed by atoms with van der Waals surface area (Å²) in [6.45, 7) is 2.94. The van der Waals surface area contributed by atoms with Crippen molar-refractivity contribution < 1.29 is 52.5 Å². The van der Waals surface area contributed by atoms with Crippen LogP contribution in [-0.4, -0.2) is 85.6 Å². The second kappa shape index (κ2) is 25.7. The molecule has 2 saturated heterocycles. The average Bonchev–Trinajstić information content (AvgIpc) is 3.37. The van der Waals surface area contributed by atoms with Crippen molar-refractivity contribution in [3.05, 3.63) is 215 Å². The number of nitrogens with one attached hydrogen (secondary N) is 1. The summed E-state index contributed by atoms with van der Waals surface area (Å²) in [5.74, 6) is -0.404. The predicted octanol–water partition coefficient (Wildman–Crippen LogP) is 8.09. The van der Waals surface area contributed by atoms with Crippen molar-refractivity contribution in [2.45, 2.75) is 108 Å². The normalized spacial score (nSPS) is 24.9. The zero-order valence-electron chi connectivity index (χ0n) is 38.3. The molecule has 0 saturated carbocycles. The number of ether oxygens (including phenoxy) is 9. The molecule has 0 aromatic heterocycles. The zero-order chi connectivity index (χ0) is 46.8. The SMILES string of the molecule is CC(=O)N[C@@H]1[C@@H](O[C@H]2O[C@H](COCc3ccccc3)[C@H](OCc3ccccc3)[C@H](OCc3ccccc3)[C@H]2OCc2ccccc2)[C@H](OCc2ccccc2)[C@@H](COCc2ccccc2)O[C@@H]1O. The van der Waals surface area contributed by atoms with Crippen molar-refractivity contribution in [1.29, 1.82) is 0 Å². The number of aliphatic hydroxyl groups is 1. The van der Waals surface area contributed by atoms with Crippen molar-refractivity contribution in [3.8, 4) is 0 Å². The summed E-state index contributed by atoms with van der Waals surface area (Å²) in [5.41, 5.74) is 5.69. The summed E-state index contributed by atoms with van der Waals surface area (Å²) in [6, 6.07) is 58.0. The Kier molecular flexibility index (Phi) is 18.4. The van der Waals surface area contributed by atoms with Gasteiger partial charge in [0.1, 0.15) is 48.8 Å². The molecule has 2 aliphatic heterocycles. The molecule has 0 radical (unpaired) electrons. The first kappa shape index (κ1) is 48.8. The van der Waals surface area contributed by atoms with Gasteiger partial charge in [0, 0.05) is 6.92 Å². The van der Waals surface area contributed by atoms with Crippen molar-refractivity contribution in [1.82, 2.24) is 5.32 Å². The van der Waals surface area contributed by atoms with Gasteiger partial charge in [-0.05, 0) is 33.4 Å². The largest absolute Gasteiger partial charge is 0.374 e. The topological polar surface area (TPSA) is 132 Å². The van der Waals surface area contributed by atoms with E-state index < -0.39 is 67.3 Å². The second-order valence-corrected chi connectivity index (χ2v) is 17.0. The molecule has 2 heterocycles. The number of amides is 1.